The van der Waals surface area contributed by atoms with Crippen LogP contribution in [0.15, 0.2) is 17.4 Å². The molecule has 22 heavy (non-hydrogen) atoms. The molecule has 0 bridgehead atoms. The van der Waals surface area contributed by atoms with Crippen LogP contribution in [0.25, 0.3) is 0 Å². The van der Waals surface area contributed by atoms with Gasteiger partial charge in [0, 0.05) is 25.5 Å². The maximum absolute atomic E-state index is 12.7. The van der Waals surface area contributed by atoms with Crippen molar-refractivity contribution in [2.75, 3.05) is 13.1 Å². The number of likely N-dealkylation sites (tertiary alicyclic amines) is 1. The van der Waals surface area contributed by atoms with Gasteiger partial charge in [-0.2, -0.15) is 0 Å². The third kappa shape index (κ3) is 4.25. The lowest BCUT2D eigenvalue weighted by Gasteiger charge is -2.33. The second-order valence-electron chi connectivity index (χ2n) is 6.43. The van der Waals surface area contributed by atoms with Crippen molar-refractivity contribution in [3.8, 4) is 0 Å². The van der Waals surface area contributed by atoms with Gasteiger partial charge in [0.15, 0.2) is 0 Å². The minimum atomic E-state index is -1.26. The number of amides is 1. The van der Waals surface area contributed by atoms with E-state index in [4.69, 9.17) is 4.74 Å². The summed E-state index contributed by atoms with van der Waals surface area (Å²) < 4.78 is 18.1. The highest BCUT2D eigenvalue weighted by Crippen LogP contribution is 2.22. The monoisotopic (exact) mass is 325 g/mol. The van der Waals surface area contributed by atoms with Gasteiger partial charge in [-0.05, 0) is 40.5 Å². The van der Waals surface area contributed by atoms with E-state index in [1.807, 2.05) is 20.8 Å². The Morgan fingerprint density at radius 1 is 1.36 bits per heavy atom. The molecule has 2 rings (SSSR count). The van der Waals surface area contributed by atoms with E-state index >= 15 is 0 Å². The first-order chi connectivity index (χ1) is 10.3. The molecule has 122 valence electrons. The minimum Gasteiger partial charge on any atom is -0.444 e. The van der Waals surface area contributed by atoms with E-state index in [0.717, 1.165) is 12.8 Å². The fourth-order valence-electron chi connectivity index (χ4n) is 2.36. The molecular weight excluding hydrogens is 302 g/mol. The van der Waals surface area contributed by atoms with Crippen molar-refractivity contribution in [1.82, 2.24) is 14.9 Å². The van der Waals surface area contributed by atoms with Gasteiger partial charge in [-0.3, -0.25) is 9.19 Å². The summed E-state index contributed by atoms with van der Waals surface area (Å²) in [5.74, 6) is 0. The minimum absolute atomic E-state index is 0.128. The number of rotatable bonds is 2. The van der Waals surface area contributed by atoms with E-state index in [0.29, 0.717) is 23.8 Å². The van der Waals surface area contributed by atoms with Crippen molar-refractivity contribution in [3.63, 3.8) is 0 Å². The first-order valence-electron chi connectivity index (χ1n) is 7.44. The van der Waals surface area contributed by atoms with Crippen LogP contribution in [0, 0.1) is 6.92 Å². The summed E-state index contributed by atoms with van der Waals surface area (Å²) in [5, 5.41) is 0.384. The molecule has 1 saturated heterocycles. The highest BCUT2D eigenvalue weighted by Gasteiger charge is 2.31. The Kier molecular flexibility index (Phi) is 5.16. The average molecular weight is 325 g/mol. The number of ether oxygens (including phenoxy) is 1. The number of aromatic nitrogens is 2. The molecule has 6 nitrogen and oxygen atoms in total. The first-order valence-corrected chi connectivity index (χ1v) is 8.65. The highest BCUT2D eigenvalue weighted by atomic mass is 32.2. The number of aryl methyl sites for hydroxylation is 1. The smallest absolute Gasteiger partial charge is 0.410 e. The van der Waals surface area contributed by atoms with Crippen LogP contribution in [0.5, 0.6) is 0 Å². The molecule has 2 heterocycles. The van der Waals surface area contributed by atoms with Crippen molar-refractivity contribution in [3.05, 3.63) is 18.1 Å². The summed E-state index contributed by atoms with van der Waals surface area (Å²) in [5.41, 5.74) is 0.153. The largest absolute Gasteiger partial charge is 0.444 e. The van der Waals surface area contributed by atoms with Crippen LogP contribution in [0.4, 0.5) is 4.79 Å². The highest BCUT2D eigenvalue weighted by molar-refractivity contribution is 7.85. The Bertz CT molecular complexity index is 571. The van der Waals surface area contributed by atoms with Crippen LogP contribution >= 0.6 is 0 Å². The maximum Gasteiger partial charge on any atom is 0.410 e. The third-order valence-electron chi connectivity index (χ3n) is 3.36. The molecule has 0 aliphatic carbocycles. The SMILES string of the molecule is Cc1nccnc1[S@@](=O)[C@@H]1CCCN(C(=O)OC(C)(C)C)C1. The molecule has 1 aromatic heterocycles. The number of piperidine rings is 1. The quantitative estimate of drug-likeness (QED) is 0.834. The van der Waals surface area contributed by atoms with E-state index in [-0.39, 0.29) is 11.3 Å². The molecule has 7 heteroatoms. The fraction of sp³-hybridized carbons (Fsp3) is 0.667. The van der Waals surface area contributed by atoms with Gasteiger partial charge in [0.1, 0.15) is 10.6 Å². The van der Waals surface area contributed by atoms with Gasteiger partial charge in [0.25, 0.3) is 0 Å². The zero-order chi connectivity index (χ0) is 16.3. The normalized spacial score (nSPS) is 20.5. The summed E-state index contributed by atoms with van der Waals surface area (Å²) >= 11 is 0. The summed E-state index contributed by atoms with van der Waals surface area (Å²) in [4.78, 5) is 22.1. The topological polar surface area (TPSA) is 72.4 Å². The molecule has 1 fully saturated rings. The molecule has 2 atom stereocenters. The lowest BCUT2D eigenvalue weighted by molar-refractivity contribution is 0.0219. The van der Waals surface area contributed by atoms with E-state index in [2.05, 4.69) is 9.97 Å². The molecule has 0 spiro atoms. The maximum atomic E-state index is 12.7. The van der Waals surface area contributed by atoms with Crippen LogP contribution in [0.3, 0.4) is 0 Å². The van der Waals surface area contributed by atoms with Crippen molar-refractivity contribution >= 4 is 16.9 Å². The molecule has 0 aromatic carbocycles. The molecule has 0 radical (unpaired) electrons. The van der Waals surface area contributed by atoms with Crippen LogP contribution in [0.1, 0.15) is 39.3 Å². The van der Waals surface area contributed by atoms with Gasteiger partial charge in [-0.1, -0.05) is 0 Å². The van der Waals surface area contributed by atoms with Crippen LogP contribution in [-0.2, 0) is 15.5 Å². The van der Waals surface area contributed by atoms with Gasteiger partial charge in [-0.25, -0.2) is 9.78 Å². The lowest BCUT2D eigenvalue weighted by atomic mass is 10.1. The Hall–Kier alpha value is -1.50. The standard InChI is InChI=1S/C15H23N3O3S/c1-11-13(17-8-7-16-11)22(20)12-6-5-9-18(10-12)14(19)21-15(2,3)4/h7-8,12H,5-6,9-10H2,1-4H3/t12-,22+/m1/s1. The van der Waals surface area contributed by atoms with Gasteiger partial charge in [-0.15, -0.1) is 0 Å². The summed E-state index contributed by atoms with van der Waals surface area (Å²) in [6.45, 7) is 8.39. The number of hydrogen-bond donors (Lipinski definition) is 0. The number of hydrogen-bond acceptors (Lipinski definition) is 5. The molecule has 0 unspecified atom stereocenters. The molecule has 1 aliphatic rings. The Balaban J connectivity index is 2.06. The average Bonchev–Trinajstić information content (AvgIpc) is 2.45. The van der Waals surface area contributed by atoms with Gasteiger partial charge in [0.05, 0.1) is 21.7 Å². The third-order valence-corrected chi connectivity index (χ3v) is 5.13. The van der Waals surface area contributed by atoms with E-state index in [9.17, 15) is 9.00 Å². The summed E-state index contributed by atoms with van der Waals surface area (Å²) in [6, 6.07) is 0. The molecule has 1 aliphatic heterocycles. The molecule has 1 amide bonds. The van der Waals surface area contributed by atoms with Crippen molar-refractivity contribution < 1.29 is 13.7 Å². The summed E-state index contributed by atoms with van der Waals surface area (Å²) in [7, 11) is -1.26. The molecule has 0 saturated carbocycles. The number of carbonyl (C=O) groups is 1. The van der Waals surface area contributed by atoms with Crippen molar-refractivity contribution in [1.29, 1.82) is 0 Å². The summed E-state index contributed by atoms with van der Waals surface area (Å²) in [6.07, 6.45) is 4.42. The van der Waals surface area contributed by atoms with E-state index in [1.54, 1.807) is 24.2 Å². The predicted octanol–water partition coefficient (Wildman–Crippen LogP) is 2.29. The van der Waals surface area contributed by atoms with Crippen LogP contribution in [-0.4, -0.2) is 49.1 Å². The first kappa shape index (κ1) is 16.9. The van der Waals surface area contributed by atoms with Crippen LogP contribution < -0.4 is 0 Å². The zero-order valence-electron chi connectivity index (χ0n) is 13.5. The number of nitrogens with zero attached hydrogens (tertiary/aromatic N) is 3. The fourth-order valence-corrected chi connectivity index (χ4v) is 3.88. The van der Waals surface area contributed by atoms with Crippen LogP contribution in [0.2, 0.25) is 0 Å². The van der Waals surface area contributed by atoms with E-state index in [1.165, 1.54) is 0 Å². The van der Waals surface area contributed by atoms with Gasteiger partial charge in [0.2, 0.25) is 0 Å². The molecule has 0 N–H and O–H groups in total. The Morgan fingerprint density at radius 2 is 2.05 bits per heavy atom. The van der Waals surface area contributed by atoms with Gasteiger partial charge >= 0.3 is 6.09 Å². The zero-order valence-corrected chi connectivity index (χ0v) is 14.4. The molecular formula is C15H23N3O3S. The van der Waals surface area contributed by atoms with Crippen molar-refractivity contribution in [2.24, 2.45) is 0 Å². The Morgan fingerprint density at radius 3 is 2.68 bits per heavy atom. The lowest BCUT2D eigenvalue weighted by Crippen LogP contribution is -2.46. The number of carbonyl (C=O) groups excluding carboxylic acids is 1. The predicted molar refractivity (Wildman–Crippen MR) is 84.0 cm³/mol. The van der Waals surface area contributed by atoms with Gasteiger partial charge < -0.3 is 9.64 Å². The second-order valence-corrected chi connectivity index (χ2v) is 8.08. The Labute approximate surface area is 133 Å². The van der Waals surface area contributed by atoms with E-state index < -0.39 is 16.4 Å². The van der Waals surface area contributed by atoms with Crippen molar-refractivity contribution in [2.45, 2.75) is 56.4 Å². The second kappa shape index (κ2) is 6.73. The molecule has 1 aromatic rings.